The van der Waals surface area contributed by atoms with Crippen LogP contribution in [0.2, 0.25) is 0 Å². The van der Waals surface area contributed by atoms with Crippen LogP contribution in [-0.2, 0) is 23.9 Å². The van der Waals surface area contributed by atoms with Gasteiger partial charge in [-0.3, -0.25) is 14.4 Å². The number of hydrogen-bond donors (Lipinski definition) is 6. The second kappa shape index (κ2) is 9.78. The van der Waals surface area contributed by atoms with E-state index in [-0.39, 0.29) is 0 Å². The maximum Gasteiger partial charge on any atom is 0.245 e. The van der Waals surface area contributed by atoms with Crippen LogP contribution in [0.5, 0.6) is 0 Å². The lowest BCUT2D eigenvalue weighted by atomic mass is 9.96. The van der Waals surface area contributed by atoms with Gasteiger partial charge < -0.3 is 40.7 Å². The lowest BCUT2D eigenvalue weighted by Crippen LogP contribution is -2.65. The van der Waals surface area contributed by atoms with Crippen molar-refractivity contribution in [1.29, 1.82) is 0 Å². The SMILES string of the molecule is CNC(=O)[C@@H](NC(C)=O)[C@@H](C)O[C@H]1O[C@H](CO)[C@H](O)[C@H](O)[C@H]1NC(C)=O. The molecule has 1 aliphatic heterocycles. The first-order valence-electron chi connectivity index (χ1n) is 8.16. The van der Waals surface area contributed by atoms with Crippen molar-refractivity contribution in [3.63, 3.8) is 0 Å². The molecule has 0 aliphatic carbocycles. The van der Waals surface area contributed by atoms with Crippen molar-refractivity contribution in [2.75, 3.05) is 13.7 Å². The number of ether oxygens (including phenoxy) is 2. The van der Waals surface area contributed by atoms with Crippen LogP contribution in [0, 0.1) is 0 Å². The lowest BCUT2D eigenvalue weighted by molar-refractivity contribution is -0.281. The van der Waals surface area contributed by atoms with Gasteiger partial charge in [0.1, 0.15) is 30.4 Å². The maximum absolute atomic E-state index is 12.0. The number of nitrogens with one attached hydrogen (secondary N) is 3. The van der Waals surface area contributed by atoms with E-state index in [0.717, 1.165) is 0 Å². The Labute approximate surface area is 151 Å². The van der Waals surface area contributed by atoms with Crippen molar-refractivity contribution < 1.29 is 39.2 Å². The van der Waals surface area contributed by atoms with Crippen LogP contribution in [-0.4, -0.2) is 89.5 Å². The van der Waals surface area contributed by atoms with Crippen LogP contribution in [0.3, 0.4) is 0 Å². The first-order valence-corrected chi connectivity index (χ1v) is 8.16. The third kappa shape index (κ3) is 5.61. The Balaban J connectivity index is 3.00. The summed E-state index contributed by atoms with van der Waals surface area (Å²) in [5.74, 6) is -1.47. The van der Waals surface area contributed by atoms with Gasteiger partial charge in [0, 0.05) is 20.9 Å². The molecule has 6 N–H and O–H groups in total. The van der Waals surface area contributed by atoms with E-state index in [2.05, 4.69) is 16.0 Å². The number of aliphatic hydroxyl groups is 3. The van der Waals surface area contributed by atoms with Gasteiger partial charge in [-0.1, -0.05) is 0 Å². The second-order valence-electron chi connectivity index (χ2n) is 6.07. The highest BCUT2D eigenvalue weighted by Crippen LogP contribution is 2.23. The summed E-state index contributed by atoms with van der Waals surface area (Å²) in [5.41, 5.74) is 0. The Morgan fingerprint density at radius 2 is 1.77 bits per heavy atom. The highest BCUT2D eigenvalue weighted by molar-refractivity contribution is 5.87. The Morgan fingerprint density at radius 3 is 2.23 bits per heavy atom. The predicted octanol–water partition coefficient (Wildman–Crippen LogP) is -3.41. The van der Waals surface area contributed by atoms with Gasteiger partial charge in [0.2, 0.25) is 17.7 Å². The van der Waals surface area contributed by atoms with Crippen LogP contribution in [0.1, 0.15) is 20.8 Å². The van der Waals surface area contributed by atoms with Crippen molar-refractivity contribution in [1.82, 2.24) is 16.0 Å². The van der Waals surface area contributed by atoms with E-state index < -0.39 is 67.1 Å². The van der Waals surface area contributed by atoms with E-state index in [0.29, 0.717) is 0 Å². The summed E-state index contributed by atoms with van der Waals surface area (Å²) in [6.07, 6.45) is -6.25. The number of carbonyl (C=O) groups excluding carboxylic acids is 3. The van der Waals surface area contributed by atoms with E-state index in [1.54, 1.807) is 0 Å². The van der Waals surface area contributed by atoms with Gasteiger partial charge >= 0.3 is 0 Å². The Kier molecular flexibility index (Phi) is 8.37. The smallest absolute Gasteiger partial charge is 0.245 e. The van der Waals surface area contributed by atoms with Crippen molar-refractivity contribution >= 4 is 17.7 Å². The number of amides is 3. The van der Waals surface area contributed by atoms with E-state index in [1.807, 2.05) is 0 Å². The normalized spacial score (nSPS) is 30.8. The molecular formula is C15H27N3O8. The molecule has 0 aromatic rings. The largest absolute Gasteiger partial charge is 0.394 e. The van der Waals surface area contributed by atoms with Crippen molar-refractivity contribution in [2.24, 2.45) is 0 Å². The van der Waals surface area contributed by atoms with Gasteiger partial charge in [0.25, 0.3) is 0 Å². The monoisotopic (exact) mass is 377 g/mol. The lowest BCUT2D eigenvalue weighted by Gasteiger charge is -2.43. The van der Waals surface area contributed by atoms with Crippen molar-refractivity contribution in [3.8, 4) is 0 Å². The zero-order valence-electron chi connectivity index (χ0n) is 15.1. The highest BCUT2D eigenvalue weighted by atomic mass is 16.7. The molecule has 11 nitrogen and oxygen atoms in total. The van der Waals surface area contributed by atoms with Gasteiger partial charge in [0.15, 0.2) is 6.29 Å². The molecular weight excluding hydrogens is 350 g/mol. The van der Waals surface area contributed by atoms with Crippen LogP contribution in [0.25, 0.3) is 0 Å². The number of rotatable bonds is 7. The maximum atomic E-state index is 12.0. The van der Waals surface area contributed by atoms with E-state index in [9.17, 15) is 29.7 Å². The number of aliphatic hydroxyl groups excluding tert-OH is 3. The molecule has 0 unspecified atom stereocenters. The minimum absolute atomic E-state index is 0.458. The number of hydrogen-bond acceptors (Lipinski definition) is 8. The minimum atomic E-state index is -1.47. The van der Waals surface area contributed by atoms with E-state index >= 15 is 0 Å². The second-order valence-corrected chi connectivity index (χ2v) is 6.07. The van der Waals surface area contributed by atoms with Gasteiger partial charge in [-0.2, -0.15) is 0 Å². The van der Waals surface area contributed by atoms with Gasteiger partial charge in [-0.25, -0.2) is 0 Å². The quantitative estimate of drug-likeness (QED) is 0.267. The summed E-state index contributed by atoms with van der Waals surface area (Å²) in [7, 11) is 1.39. The summed E-state index contributed by atoms with van der Waals surface area (Å²) in [5, 5.41) is 36.7. The highest BCUT2D eigenvalue weighted by Gasteiger charge is 2.46. The van der Waals surface area contributed by atoms with Crippen LogP contribution in [0.4, 0.5) is 0 Å². The molecule has 1 heterocycles. The molecule has 0 aromatic carbocycles. The third-order valence-electron chi connectivity index (χ3n) is 3.96. The predicted molar refractivity (Wildman–Crippen MR) is 87.6 cm³/mol. The van der Waals surface area contributed by atoms with Gasteiger partial charge in [-0.15, -0.1) is 0 Å². The molecule has 0 spiro atoms. The molecule has 1 rings (SSSR count). The molecule has 11 heteroatoms. The first-order chi connectivity index (χ1) is 12.1. The molecule has 0 radical (unpaired) electrons. The number of likely N-dealkylation sites (N-methyl/N-ethyl adjacent to an activating group) is 1. The Hall–Kier alpha value is -1.79. The molecule has 3 amide bonds. The van der Waals surface area contributed by atoms with Crippen LogP contribution >= 0.6 is 0 Å². The fourth-order valence-corrected chi connectivity index (χ4v) is 2.65. The standard InChI is InChI=1S/C15H27N3O8/c1-6(10(14(24)16-4)17-7(2)20)25-15-11(18-8(3)21)13(23)12(22)9(5-19)26-15/h6,9-13,15,19,22-23H,5H2,1-4H3,(H,16,24)(H,17,20)(H,18,21)/t6-,9-,10+,11-,12+,13-,15+/m1/s1. The molecule has 7 atom stereocenters. The summed E-state index contributed by atoms with van der Waals surface area (Å²) >= 11 is 0. The molecule has 0 bridgehead atoms. The number of carbonyl (C=O) groups is 3. The van der Waals surface area contributed by atoms with E-state index in [4.69, 9.17) is 9.47 Å². The van der Waals surface area contributed by atoms with Crippen LogP contribution in [0.15, 0.2) is 0 Å². The van der Waals surface area contributed by atoms with Gasteiger partial charge in [-0.05, 0) is 6.92 Å². The average Bonchev–Trinajstić information content (AvgIpc) is 2.57. The molecule has 1 saturated heterocycles. The third-order valence-corrected chi connectivity index (χ3v) is 3.96. The first kappa shape index (κ1) is 22.3. The van der Waals surface area contributed by atoms with Gasteiger partial charge in [0.05, 0.1) is 12.7 Å². The summed E-state index contributed by atoms with van der Waals surface area (Å²) in [6, 6.07) is -2.20. The molecule has 0 saturated carbocycles. The molecule has 0 aromatic heterocycles. The molecule has 1 fully saturated rings. The van der Waals surface area contributed by atoms with Crippen molar-refractivity contribution in [2.45, 2.75) is 63.6 Å². The minimum Gasteiger partial charge on any atom is -0.394 e. The zero-order chi connectivity index (χ0) is 20.0. The zero-order valence-corrected chi connectivity index (χ0v) is 15.1. The molecule has 150 valence electrons. The Morgan fingerprint density at radius 1 is 1.15 bits per heavy atom. The molecule has 1 aliphatic rings. The fraction of sp³-hybridized carbons (Fsp3) is 0.800. The fourth-order valence-electron chi connectivity index (χ4n) is 2.65. The summed E-state index contributed by atoms with van der Waals surface area (Å²) < 4.78 is 11.1. The summed E-state index contributed by atoms with van der Waals surface area (Å²) in [6.45, 7) is 3.35. The summed E-state index contributed by atoms with van der Waals surface area (Å²) in [4.78, 5) is 34.7. The average molecular weight is 377 g/mol. The topological polar surface area (TPSA) is 166 Å². The van der Waals surface area contributed by atoms with Crippen LogP contribution < -0.4 is 16.0 Å². The van der Waals surface area contributed by atoms with Crippen molar-refractivity contribution in [3.05, 3.63) is 0 Å². The van der Waals surface area contributed by atoms with E-state index in [1.165, 1.54) is 27.8 Å². The molecule has 26 heavy (non-hydrogen) atoms. The Bertz CT molecular complexity index is 517.